The third-order valence-corrected chi connectivity index (χ3v) is 2.59. The molecule has 0 radical (unpaired) electrons. The lowest BCUT2D eigenvalue weighted by Gasteiger charge is -2.13. The molecular weight excluding hydrogens is 259 g/mol. The molecule has 0 saturated carbocycles. The topological polar surface area (TPSA) is 38.3 Å². The molecule has 0 saturated heterocycles. The number of ether oxygens (including phenoxy) is 1. The summed E-state index contributed by atoms with van der Waals surface area (Å²) >= 11 is 0. The van der Waals surface area contributed by atoms with Crippen LogP contribution >= 0.6 is 0 Å². The first-order valence-electron chi connectivity index (χ1n) is 5.77. The van der Waals surface area contributed by atoms with E-state index in [-0.39, 0.29) is 17.2 Å². The van der Waals surface area contributed by atoms with Crippen molar-refractivity contribution in [2.24, 2.45) is 0 Å². The van der Waals surface area contributed by atoms with E-state index in [2.05, 4.69) is 0 Å². The maximum Gasteiger partial charge on any atom is 0.405 e. The van der Waals surface area contributed by atoms with E-state index in [0.717, 1.165) is 5.56 Å². The molecule has 0 aliphatic heterocycles. The van der Waals surface area contributed by atoms with Gasteiger partial charge in [0.25, 0.3) is 5.91 Å². The van der Waals surface area contributed by atoms with Crippen molar-refractivity contribution in [2.45, 2.75) is 25.9 Å². The van der Waals surface area contributed by atoms with Crippen molar-refractivity contribution in [3.63, 3.8) is 0 Å². The van der Waals surface area contributed by atoms with Gasteiger partial charge in [0.2, 0.25) is 0 Å². The Balaban J connectivity index is 2.91. The molecule has 1 N–H and O–H groups in total. The average Bonchev–Trinajstić information content (AvgIpc) is 2.34. The molecule has 3 nitrogen and oxygen atoms in total. The summed E-state index contributed by atoms with van der Waals surface area (Å²) in [4.78, 5) is 11.7. The van der Waals surface area contributed by atoms with E-state index in [1.54, 1.807) is 12.1 Å². The largest absolute Gasteiger partial charge is 0.496 e. The zero-order valence-electron chi connectivity index (χ0n) is 11.0. The quantitative estimate of drug-likeness (QED) is 0.917. The van der Waals surface area contributed by atoms with Crippen molar-refractivity contribution in [1.29, 1.82) is 0 Å². The highest BCUT2D eigenvalue weighted by molar-refractivity contribution is 5.97. The number of rotatable bonds is 4. The molecule has 106 valence electrons. The highest BCUT2D eigenvalue weighted by atomic mass is 19.4. The first-order valence-corrected chi connectivity index (χ1v) is 5.77. The van der Waals surface area contributed by atoms with E-state index in [1.165, 1.54) is 13.2 Å². The fraction of sp³-hybridized carbons (Fsp3) is 0.462. The Kier molecular flexibility index (Phi) is 4.80. The van der Waals surface area contributed by atoms with Crippen LogP contribution in [0.25, 0.3) is 0 Å². The summed E-state index contributed by atoms with van der Waals surface area (Å²) < 4.78 is 41.2. The van der Waals surface area contributed by atoms with E-state index in [0.29, 0.717) is 0 Å². The predicted molar refractivity (Wildman–Crippen MR) is 65.5 cm³/mol. The first kappa shape index (κ1) is 15.3. The predicted octanol–water partition coefficient (Wildman–Crippen LogP) is 3.11. The van der Waals surface area contributed by atoms with Gasteiger partial charge in [-0.3, -0.25) is 4.79 Å². The Morgan fingerprint density at radius 2 is 2.00 bits per heavy atom. The fourth-order valence-corrected chi connectivity index (χ4v) is 1.53. The summed E-state index contributed by atoms with van der Waals surface area (Å²) in [5, 5.41) is 1.82. The van der Waals surface area contributed by atoms with Gasteiger partial charge in [-0.05, 0) is 23.6 Å². The third kappa shape index (κ3) is 4.46. The minimum atomic E-state index is -4.43. The molecule has 1 amide bonds. The summed E-state index contributed by atoms with van der Waals surface area (Å²) in [6.07, 6.45) is -4.43. The van der Waals surface area contributed by atoms with Gasteiger partial charge in [-0.1, -0.05) is 19.9 Å². The molecule has 1 aromatic carbocycles. The van der Waals surface area contributed by atoms with Gasteiger partial charge in [0, 0.05) is 0 Å². The van der Waals surface area contributed by atoms with Gasteiger partial charge in [-0.2, -0.15) is 13.2 Å². The van der Waals surface area contributed by atoms with Crippen LogP contribution in [0.5, 0.6) is 5.75 Å². The minimum Gasteiger partial charge on any atom is -0.496 e. The summed E-state index contributed by atoms with van der Waals surface area (Å²) in [6.45, 7) is 2.58. The summed E-state index contributed by atoms with van der Waals surface area (Å²) in [5.74, 6) is -0.295. The second kappa shape index (κ2) is 5.95. The van der Waals surface area contributed by atoms with E-state index in [4.69, 9.17) is 4.74 Å². The van der Waals surface area contributed by atoms with Crippen molar-refractivity contribution in [3.05, 3.63) is 29.3 Å². The number of hydrogen-bond acceptors (Lipinski definition) is 2. The number of nitrogens with one attached hydrogen (secondary N) is 1. The van der Waals surface area contributed by atoms with Crippen molar-refractivity contribution >= 4 is 5.91 Å². The fourth-order valence-electron chi connectivity index (χ4n) is 1.53. The van der Waals surface area contributed by atoms with Crippen LogP contribution < -0.4 is 10.1 Å². The number of halogens is 3. The summed E-state index contributed by atoms with van der Waals surface area (Å²) in [5.41, 5.74) is 1.04. The van der Waals surface area contributed by atoms with E-state index in [9.17, 15) is 18.0 Å². The van der Waals surface area contributed by atoms with E-state index < -0.39 is 18.6 Å². The second-order valence-corrected chi connectivity index (χ2v) is 4.41. The lowest BCUT2D eigenvalue weighted by atomic mass is 10.0. The van der Waals surface area contributed by atoms with Crippen molar-refractivity contribution in [3.8, 4) is 5.75 Å². The van der Waals surface area contributed by atoms with Crippen LogP contribution in [0.3, 0.4) is 0 Å². The third-order valence-electron chi connectivity index (χ3n) is 2.59. The molecule has 6 heteroatoms. The van der Waals surface area contributed by atoms with Gasteiger partial charge in [-0.25, -0.2) is 0 Å². The molecule has 0 spiro atoms. The number of amides is 1. The van der Waals surface area contributed by atoms with Gasteiger partial charge < -0.3 is 10.1 Å². The van der Waals surface area contributed by atoms with Crippen LogP contribution in [0.4, 0.5) is 13.2 Å². The smallest absolute Gasteiger partial charge is 0.405 e. The van der Waals surface area contributed by atoms with Crippen molar-refractivity contribution in [2.75, 3.05) is 13.7 Å². The molecule has 1 aromatic rings. The van der Waals surface area contributed by atoms with Gasteiger partial charge in [-0.15, -0.1) is 0 Å². The lowest BCUT2D eigenvalue weighted by molar-refractivity contribution is -0.123. The molecule has 0 aliphatic rings. The Morgan fingerprint density at radius 3 is 2.47 bits per heavy atom. The minimum absolute atomic E-state index is 0.0937. The summed E-state index contributed by atoms with van der Waals surface area (Å²) in [7, 11) is 1.37. The number of carbonyl (C=O) groups is 1. The molecule has 0 atom stereocenters. The van der Waals surface area contributed by atoms with Crippen LogP contribution in [0.2, 0.25) is 0 Å². The Labute approximate surface area is 109 Å². The Morgan fingerprint density at radius 1 is 1.37 bits per heavy atom. The van der Waals surface area contributed by atoms with Crippen LogP contribution in [-0.2, 0) is 0 Å². The molecule has 0 bridgehead atoms. The maximum absolute atomic E-state index is 12.0. The van der Waals surface area contributed by atoms with E-state index in [1.807, 2.05) is 19.2 Å². The molecule has 1 rings (SSSR count). The monoisotopic (exact) mass is 275 g/mol. The molecule has 0 unspecified atom stereocenters. The van der Waals surface area contributed by atoms with Crippen LogP contribution in [0.15, 0.2) is 18.2 Å². The summed E-state index contributed by atoms with van der Waals surface area (Å²) in [6, 6.07) is 4.84. The molecule has 0 fully saturated rings. The van der Waals surface area contributed by atoms with Crippen LogP contribution in [0.1, 0.15) is 35.7 Å². The van der Waals surface area contributed by atoms with Gasteiger partial charge >= 0.3 is 6.18 Å². The highest BCUT2D eigenvalue weighted by Gasteiger charge is 2.28. The number of hydrogen-bond donors (Lipinski definition) is 1. The zero-order valence-corrected chi connectivity index (χ0v) is 11.0. The maximum atomic E-state index is 12.0. The number of benzene rings is 1. The standard InChI is InChI=1S/C13H16F3NO2/c1-8(2)9-4-5-10(11(6-9)19-3)12(18)17-7-13(14,15)16/h4-6,8H,7H2,1-3H3,(H,17,18). The molecule has 0 aliphatic carbocycles. The average molecular weight is 275 g/mol. The second-order valence-electron chi connectivity index (χ2n) is 4.41. The molecule has 19 heavy (non-hydrogen) atoms. The van der Waals surface area contributed by atoms with Crippen molar-refractivity contribution < 1.29 is 22.7 Å². The Hall–Kier alpha value is -1.72. The number of alkyl halides is 3. The molecule has 0 aromatic heterocycles. The molecular formula is C13H16F3NO2. The number of carbonyl (C=O) groups excluding carboxylic acids is 1. The van der Waals surface area contributed by atoms with Gasteiger partial charge in [0.15, 0.2) is 0 Å². The van der Waals surface area contributed by atoms with Gasteiger partial charge in [0.1, 0.15) is 12.3 Å². The van der Waals surface area contributed by atoms with Crippen LogP contribution in [0, 0.1) is 0 Å². The highest BCUT2D eigenvalue weighted by Crippen LogP contribution is 2.25. The number of methoxy groups -OCH3 is 1. The normalized spacial score (nSPS) is 11.5. The SMILES string of the molecule is COc1cc(C(C)C)ccc1C(=O)NCC(F)(F)F. The lowest BCUT2D eigenvalue weighted by Crippen LogP contribution is -2.33. The molecule has 0 heterocycles. The van der Waals surface area contributed by atoms with Crippen LogP contribution in [-0.4, -0.2) is 25.7 Å². The van der Waals surface area contributed by atoms with Crippen molar-refractivity contribution in [1.82, 2.24) is 5.32 Å². The van der Waals surface area contributed by atoms with Gasteiger partial charge in [0.05, 0.1) is 12.7 Å². The zero-order chi connectivity index (χ0) is 14.6. The van der Waals surface area contributed by atoms with E-state index >= 15 is 0 Å². The first-order chi connectivity index (χ1) is 8.74. The Bertz CT molecular complexity index is 456.